The molecule has 0 fully saturated rings. The van der Waals surface area contributed by atoms with E-state index in [-0.39, 0.29) is 0 Å². The zero-order valence-electron chi connectivity index (χ0n) is 10.8. The van der Waals surface area contributed by atoms with E-state index in [1.54, 1.807) is 35.5 Å². The highest BCUT2D eigenvalue weighted by molar-refractivity contribution is 7.99. The minimum absolute atomic E-state index is 0.792. The van der Waals surface area contributed by atoms with E-state index in [0.717, 1.165) is 26.6 Å². The van der Waals surface area contributed by atoms with Crippen molar-refractivity contribution in [2.24, 2.45) is 0 Å². The molecule has 0 spiro atoms. The number of pyridine rings is 2. The summed E-state index contributed by atoms with van der Waals surface area (Å²) < 4.78 is 0. The molecule has 0 aliphatic heterocycles. The Morgan fingerprint density at radius 3 is 2.85 bits per heavy atom. The van der Waals surface area contributed by atoms with Gasteiger partial charge in [0.15, 0.2) is 5.13 Å². The molecule has 3 rings (SSSR count). The quantitative estimate of drug-likeness (QED) is 0.785. The molecule has 3 heterocycles. The van der Waals surface area contributed by atoms with Crippen molar-refractivity contribution >= 4 is 34.0 Å². The molecule has 0 aliphatic carbocycles. The lowest BCUT2D eigenvalue weighted by atomic mass is 10.4. The van der Waals surface area contributed by atoms with Crippen LogP contribution in [0.3, 0.4) is 0 Å². The second-order valence-corrected chi connectivity index (χ2v) is 6.02. The van der Waals surface area contributed by atoms with Crippen molar-refractivity contribution in [2.45, 2.75) is 16.8 Å². The van der Waals surface area contributed by atoms with Crippen LogP contribution in [0.4, 0.5) is 10.9 Å². The second-order valence-electron chi connectivity index (χ2n) is 4.07. The van der Waals surface area contributed by atoms with Crippen molar-refractivity contribution in [3.05, 3.63) is 53.8 Å². The standard InChI is InChI=1S/C14H12N4S2/c1-10-9-19-14(17-10)18-12-8-11(5-7-15-12)20-13-4-2-3-6-16-13/h2-9H,1H3,(H,15,17,18). The lowest BCUT2D eigenvalue weighted by molar-refractivity contribution is 1.13. The fourth-order valence-corrected chi connectivity index (χ4v) is 3.09. The molecule has 0 saturated carbocycles. The van der Waals surface area contributed by atoms with Gasteiger partial charge in [0.1, 0.15) is 10.8 Å². The number of anilines is 2. The summed E-state index contributed by atoms with van der Waals surface area (Å²) in [6.45, 7) is 1.97. The molecule has 3 aromatic heterocycles. The van der Waals surface area contributed by atoms with Gasteiger partial charge in [-0.15, -0.1) is 11.3 Å². The fourth-order valence-electron chi connectivity index (χ4n) is 1.59. The minimum Gasteiger partial charge on any atom is -0.316 e. The molecular weight excluding hydrogens is 288 g/mol. The highest BCUT2D eigenvalue weighted by Gasteiger charge is 2.03. The van der Waals surface area contributed by atoms with Gasteiger partial charge >= 0.3 is 0 Å². The lowest BCUT2D eigenvalue weighted by Crippen LogP contribution is -1.92. The monoisotopic (exact) mass is 300 g/mol. The predicted octanol–water partition coefficient (Wildman–Crippen LogP) is 4.14. The second kappa shape index (κ2) is 6.02. The summed E-state index contributed by atoms with van der Waals surface area (Å²) in [6.07, 6.45) is 3.58. The molecule has 0 radical (unpaired) electrons. The summed E-state index contributed by atoms with van der Waals surface area (Å²) in [6, 6.07) is 9.85. The van der Waals surface area contributed by atoms with E-state index in [9.17, 15) is 0 Å². The molecule has 4 nitrogen and oxygen atoms in total. The Hall–Kier alpha value is -1.92. The third-order valence-corrected chi connectivity index (χ3v) is 4.26. The van der Waals surface area contributed by atoms with Crippen molar-refractivity contribution in [2.75, 3.05) is 5.32 Å². The normalized spacial score (nSPS) is 10.4. The topological polar surface area (TPSA) is 50.7 Å². The van der Waals surface area contributed by atoms with Crippen molar-refractivity contribution in [1.82, 2.24) is 15.0 Å². The maximum Gasteiger partial charge on any atom is 0.188 e. The SMILES string of the molecule is Cc1csc(Nc2cc(Sc3ccccn3)ccn2)n1. The number of hydrogen-bond acceptors (Lipinski definition) is 6. The van der Waals surface area contributed by atoms with Gasteiger partial charge in [0.25, 0.3) is 0 Å². The van der Waals surface area contributed by atoms with E-state index in [1.807, 2.05) is 42.6 Å². The van der Waals surface area contributed by atoms with Gasteiger partial charge < -0.3 is 5.32 Å². The Morgan fingerprint density at radius 2 is 2.10 bits per heavy atom. The molecule has 0 saturated heterocycles. The van der Waals surface area contributed by atoms with Crippen LogP contribution in [-0.2, 0) is 0 Å². The predicted molar refractivity (Wildman–Crippen MR) is 82.7 cm³/mol. The first-order chi connectivity index (χ1) is 9.79. The van der Waals surface area contributed by atoms with Crippen LogP contribution in [0, 0.1) is 6.92 Å². The third kappa shape index (κ3) is 3.34. The van der Waals surface area contributed by atoms with Crippen LogP contribution in [0.15, 0.2) is 58.0 Å². The summed E-state index contributed by atoms with van der Waals surface area (Å²) in [5, 5.41) is 7.05. The van der Waals surface area contributed by atoms with Crippen LogP contribution in [0.1, 0.15) is 5.69 Å². The summed E-state index contributed by atoms with van der Waals surface area (Å²) in [7, 11) is 0. The van der Waals surface area contributed by atoms with E-state index in [2.05, 4.69) is 20.3 Å². The zero-order valence-corrected chi connectivity index (χ0v) is 12.4. The van der Waals surface area contributed by atoms with Gasteiger partial charge in [-0.25, -0.2) is 15.0 Å². The van der Waals surface area contributed by atoms with Crippen LogP contribution in [0.5, 0.6) is 0 Å². The summed E-state index contributed by atoms with van der Waals surface area (Å²) in [4.78, 5) is 14.1. The molecule has 1 N–H and O–H groups in total. The molecule has 0 atom stereocenters. The summed E-state index contributed by atoms with van der Waals surface area (Å²) >= 11 is 3.18. The Morgan fingerprint density at radius 1 is 1.15 bits per heavy atom. The van der Waals surface area contributed by atoms with E-state index < -0.39 is 0 Å². The average molecular weight is 300 g/mol. The Kier molecular flexibility index (Phi) is 3.94. The van der Waals surface area contributed by atoms with Crippen LogP contribution >= 0.6 is 23.1 Å². The lowest BCUT2D eigenvalue weighted by Gasteiger charge is -2.04. The molecule has 100 valence electrons. The van der Waals surface area contributed by atoms with Crippen LogP contribution in [-0.4, -0.2) is 15.0 Å². The molecule has 0 bridgehead atoms. The van der Waals surface area contributed by atoms with Gasteiger partial charge in [0, 0.05) is 22.7 Å². The van der Waals surface area contributed by atoms with Gasteiger partial charge in [0.05, 0.1) is 5.69 Å². The van der Waals surface area contributed by atoms with Gasteiger partial charge in [-0.2, -0.15) is 0 Å². The number of hydrogen-bond donors (Lipinski definition) is 1. The van der Waals surface area contributed by atoms with Crippen molar-refractivity contribution in [3.63, 3.8) is 0 Å². The van der Waals surface area contributed by atoms with Crippen molar-refractivity contribution in [1.29, 1.82) is 0 Å². The van der Waals surface area contributed by atoms with Crippen molar-refractivity contribution in [3.8, 4) is 0 Å². The molecule has 0 aromatic carbocycles. The van der Waals surface area contributed by atoms with E-state index in [4.69, 9.17) is 0 Å². The Bertz CT molecular complexity index is 697. The van der Waals surface area contributed by atoms with Gasteiger partial charge in [-0.3, -0.25) is 0 Å². The zero-order chi connectivity index (χ0) is 13.8. The molecule has 3 aromatic rings. The molecule has 20 heavy (non-hydrogen) atoms. The number of aromatic nitrogens is 3. The van der Waals surface area contributed by atoms with Gasteiger partial charge in [-0.05, 0) is 31.2 Å². The number of nitrogens with one attached hydrogen (secondary N) is 1. The highest BCUT2D eigenvalue weighted by atomic mass is 32.2. The molecule has 0 unspecified atom stereocenters. The maximum absolute atomic E-state index is 4.37. The molecule has 0 aliphatic rings. The number of rotatable bonds is 4. The van der Waals surface area contributed by atoms with Crippen LogP contribution in [0.25, 0.3) is 0 Å². The summed E-state index contributed by atoms with van der Waals surface area (Å²) in [5.74, 6) is 0.792. The van der Waals surface area contributed by atoms with E-state index in [1.165, 1.54) is 0 Å². The highest BCUT2D eigenvalue weighted by Crippen LogP contribution is 2.28. The first kappa shape index (κ1) is 13.1. The van der Waals surface area contributed by atoms with Crippen LogP contribution < -0.4 is 5.32 Å². The molecular formula is C14H12N4S2. The third-order valence-electron chi connectivity index (χ3n) is 2.45. The Balaban J connectivity index is 1.76. The Labute approximate surface area is 125 Å². The van der Waals surface area contributed by atoms with Gasteiger partial charge in [0.2, 0.25) is 0 Å². The first-order valence-corrected chi connectivity index (χ1v) is 7.73. The largest absolute Gasteiger partial charge is 0.316 e. The van der Waals surface area contributed by atoms with Gasteiger partial charge in [-0.1, -0.05) is 17.8 Å². The molecule has 0 amide bonds. The number of nitrogens with zero attached hydrogens (tertiary/aromatic N) is 3. The van der Waals surface area contributed by atoms with E-state index >= 15 is 0 Å². The van der Waals surface area contributed by atoms with E-state index in [0.29, 0.717) is 0 Å². The maximum atomic E-state index is 4.37. The average Bonchev–Trinajstić information content (AvgIpc) is 2.86. The van der Waals surface area contributed by atoms with Crippen LogP contribution in [0.2, 0.25) is 0 Å². The number of thiazole rings is 1. The van der Waals surface area contributed by atoms with Crippen molar-refractivity contribution < 1.29 is 0 Å². The molecule has 6 heteroatoms. The minimum atomic E-state index is 0.792. The fraction of sp³-hybridized carbons (Fsp3) is 0.0714. The smallest absolute Gasteiger partial charge is 0.188 e. The number of aryl methyl sites for hydroxylation is 1. The summed E-state index contributed by atoms with van der Waals surface area (Å²) in [5.41, 5.74) is 1.01. The first-order valence-electron chi connectivity index (χ1n) is 6.04.